The van der Waals surface area contributed by atoms with Crippen molar-refractivity contribution >= 4 is 28.9 Å². The highest BCUT2D eigenvalue weighted by atomic mass is 16.5. The lowest BCUT2D eigenvalue weighted by molar-refractivity contribution is -0.594. The van der Waals surface area contributed by atoms with Crippen molar-refractivity contribution in [3.63, 3.8) is 0 Å². The summed E-state index contributed by atoms with van der Waals surface area (Å²) >= 11 is 0. The SMILES string of the molecule is COc1ccc(N2C(=O)CC([NH2+]c3ccc(N4CCOCC4)cc3)C2=O)cc1. The molecule has 2 amide bonds. The normalized spacial score (nSPS) is 20.0. The summed E-state index contributed by atoms with van der Waals surface area (Å²) in [5.74, 6) is 0.320. The lowest BCUT2D eigenvalue weighted by atomic mass is 10.2. The predicted molar refractivity (Wildman–Crippen MR) is 105 cm³/mol. The second-order valence-electron chi connectivity index (χ2n) is 6.93. The van der Waals surface area contributed by atoms with Gasteiger partial charge in [0.15, 0.2) is 6.04 Å². The molecule has 7 nitrogen and oxygen atoms in total. The first-order valence-corrected chi connectivity index (χ1v) is 9.44. The van der Waals surface area contributed by atoms with Crippen LogP contribution >= 0.6 is 0 Å². The summed E-state index contributed by atoms with van der Waals surface area (Å²) in [5.41, 5.74) is 2.67. The van der Waals surface area contributed by atoms with Crippen LogP contribution < -0.4 is 19.9 Å². The van der Waals surface area contributed by atoms with E-state index < -0.39 is 6.04 Å². The summed E-state index contributed by atoms with van der Waals surface area (Å²) in [5, 5.41) is 1.88. The maximum absolute atomic E-state index is 12.8. The molecule has 0 saturated carbocycles. The molecule has 1 atom stereocenters. The highest BCUT2D eigenvalue weighted by Crippen LogP contribution is 2.25. The zero-order chi connectivity index (χ0) is 19.5. The van der Waals surface area contributed by atoms with Crippen LogP contribution in [0.2, 0.25) is 0 Å². The number of anilines is 2. The molecule has 2 N–H and O–H groups in total. The average molecular weight is 382 g/mol. The van der Waals surface area contributed by atoms with Gasteiger partial charge in [-0.2, -0.15) is 0 Å². The van der Waals surface area contributed by atoms with E-state index in [4.69, 9.17) is 9.47 Å². The second kappa shape index (κ2) is 8.00. The molecule has 2 aliphatic rings. The Bertz CT molecular complexity index is 845. The van der Waals surface area contributed by atoms with Gasteiger partial charge >= 0.3 is 0 Å². The molecule has 2 saturated heterocycles. The van der Waals surface area contributed by atoms with E-state index in [-0.39, 0.29) is 18.2 Å². The molecule has 2 fully saturated rings. The first kappa shape index (κ1) is 18.5. The summed E-state index contributed by atoms with van der Waals surface area (Å²) in [4.78, 5) is 28.8. The average Bonchev–Trinajstić information content (AvgIpc) is 3.02. The molecule has 2 aliphatic heterocycles. The Balaban J connectivity index is 1.43. The number of rotatable bonds is 5. The Morgan fingerprint density at radius 3 is 2.25 bits per heavy atom. The largest absolute Gasteiger partial charge is 0.497 e. The van der Waals surface area contributed by atoms with Gasteiger partial charge in [-0.25, -0.2) is 4.90 Å². The number of carbonyl (C=O) groups is 2. The molecular weight excluding hydrogens is 358 g/mol. The van der Waals surface area contributed by atoms with E-state index in [1.165, 1.54) is 4.90 Å². The topological polar surface area (TPSA) is 75.7 Å². The molecule has 2 aromatic rings. The Labute approximate surface area is 163 Å². The second-order valence-corrected chi connectivity index (χ2v) is 6.93. The Hall–Kier alpha value is -2.90. The summed E-state index contributed by atoms with van der Waals surface area (Å²) in [7, 11) is 1.58. The van der Waals surface area contributed by atoms with Gasteiger partial charge in [-0.05, 0) is 36.4 Å². The Morgan fingerprint density at radius 2 is 1.61 bits per heavy atom. The number of carbonyl (C=O) groups excluding carboxylic acids is 2. The van der Waals surface area contributed by atoms with Crippen LogP contribution in [0.1, 0.15) is 6.42 Å². The summed E-state index contributed by atoms with van der Waals surface area (Å²) in [6, 6.07) is 14.6. The van der Waals surface area contributed by atoms with Crippen molar-refractivity contribution in [3.8, 4) is 5.75 Å². The van der Waals surface area contributed by atoms with Gasteiger partial charge in [-0.15, -0.1) is 0 Å². The fraction of sp³-hybridized carbons (Fsp3) is 0.333. The fourth-order valence-corrected chi connectivity index (χ4v) is 3.64. The molecule has 146 valence electrons. The zero-order valence-corrected chi connectivity index (χ0v) is 15.8. The number of ether oxygens (including phenoxy) is 2. The van der Waals surface area contributed by atoms with E-state index in [0.717, 1.165) is 37.7 Å². The standard InChI is InChI=1S/C21H23N3O4/c1-27-18-8-6-17(7-9-18)24-20(25)14-19(21(24)26)22-15-2-4-16(5-3-15)23-10-12-28-13-11-23/h2-9,19,22H,10-14H2,1H3/p+1. The monoisotopic (exact) mass is 382 g/mol. The third kappa shape index (κ3) is 3.72. The van der Waals surface area contributed by atoms with E-state index in [2.05, 4.69) is 17.0 Å². The molecule has 0 aliphatic carbocycles. The van der Waals surface area contributed by atoms with Gasteiger partial charge in [0.1, 0.15) is 11.4 Å². The van der Waals surface area contributed by atoms with Crippen molar-refractivity contribution in [1.29, 1.82) is 0 Å². The molecule has 2 heterocycles. The number of quaternary nitrogens is 1. The van der Waals surface area contributed by atoms with Crippen molar-refractivity contribution in [2.24, 2.45) is 0 Å². The number of hydrogen-bond acceptors (Lipinski definition) is 5. The number of nitrogens with zero attached hydrogens (tertiary/aromatic N) is 2. The molecule has 0 spiro atoms. The van der Waals surface area contributed by atoms with Crippen LogP contribution in [0.15, 0.2) is 48.5 Å². The molecule has 4 rings (SSSR count). The highest BCUT2D eigenvalue weighted by molar-refractivity contribution is 6.21. The summed E-state index contributed by atoms with van der Waals surface area (Å²) in [6.07, 6.45) is 0.191. The van der Waals surface area contributed by atoms with Crippen molar-refractivity contribution in [2.45, 2.75) is 12.5 Å². The predicted octanol–water partition coefficient (Wildman–Crippen LogP) is 1.06. The summed E-state index contributed by atoms with van der Waals surface area (Å²) in [6.45, 7) is 3.26. The zero-order valence-electron chi connectivity index (χ0n) is 15.8. The van der Waals surface area contributed by atoms with E-state index in [1.54, 1.807) is 31.4 Å². The third-order valence-corrected chi connectivity index (χ3v) is 5.18. The number of hydrogen-bond donors (Lipinski definition) is 1. The van der Waals surface area contributed by atoms with Gasteiger partial charge in [-0.1, -0.05) is 0 Å². The first-order valence-electron chi connectivity index (χ1n) is 9.44. The van der Waals surface area contributed by atoms with Gasteiger partial charge in [0.25, 0.3) is 5.91 Å². The van der Waals surface area contributed by atoms with E-state index >= 15 is 0 Å². The fourth-order valence-electron chi connectivity index (χ4n) is 3.64. The Morgan fingerprint density at radius 1 is 0.964 bits per heavy atom. The number of nitrogens with two attached hydrogens (primary N) is 1. The van der Waals surface area contributed by atoms with E-state index in [1.807, 2.05) is 17.4 Å². The van der Waals surface area contributed by atoms with Gasteiger partial charge in [0.2, 0.25) is 5.91 Å². The number of morpholine rings is 1. The van der Waals surface area contributed by atoms with Crippen molar-refractivity contribution < 1.29 is 24.4 Å². The molecule has 2 aromatic carbocycles. The maximum atomic E-state index is 12.8. The smallest absolute Gasteiger partial charge is 0.292 e. The third-order valence-electron chi connectivity index (χ3n) is 5.18. The number of amides is 2. The molecule has 0 bridgehead atoms. The minimum atomic E-state index is -0.441. The molecular formula is C21H24N3O4+. The molecule has 28 heavy (non-hydrogen) atoms. The van der Waals surface area contributed by atoms with Crippen LogP contribution in [0.4, 0.5) is 17.1 Å². The quantitative estimate of drug-likeness (QED) is 0.618. The lowest BCUT2D eigenvalue weighted by Gasteiger charge is -2.28. The van der Waals surface area contributed by atoms with Gasteiger partial charge in [-0.3, -0.25) is 9.59 Å². The minimum absolute atomic E-state index is 0.179. The molecule has 0 aromatic heterocycles. The first-order chi connectivity index (χ1) is 13.7. The number of imide groups is 1. The minimum Gasteiger partial charge on any atom is -0.497 e. The number of methoxy groups -OCH3 is 1. The maximum Gasteiger partial charge on any atom is 0.292 e. The van der Waals surface area contributed by atoms with Crippen LogP contribution in [-0.4, -0.2) is 51.3 Å². The van der Waals surface area contributed by atoms with Crippen LogP contribution in [0.5, 0.6) is 5.75 Å². The van der Waals surface area contributed by atoms with Crippen LogP contribution in [-0.2, 0) is 14.3 Å². The molecule has 7 heteroatoms. The van der Waals surface area contributed by atoms with Crippen LogP contribution in [0.25, 0.3) is 0 Å². The van der Waals surface area contributed by atoms with E-state index in [9.17, 15) is 9.59 Å². The van der Waals surface area contributed by atoms with Crippen molar-refractivity contribution in [1.82, 2.24) is 0 Å². The Kier molecular flexibility index (Phi) is 5.27. The number of benzene rings is 2. The highest BCUT2D eigenvalue weighted by Gasteiger charge is 2.42. The van der Waals surface area contributed by atoms with E-state index in [0.29, 0.717) is 11.4 Å². The van der Waals surface area contributed by atoms with Crippen molar-refractivity contribution in [3.05, 3.63) is 48.5 Å². The van der Waals surface area contributed by atoms with Gasteiger partial charge in [0, 0.05) is 30.9 Å². The summed E-state index contributed by atoms with van der Waals surface area (Å²) < 4.78 is 10.5. The van der Waals surface area contributed by atoms with Crippen LogP contribution in [0.3, 0.4) is 0 Å². The molecule has 1 unspecified atom stereocenters. The van der Waals surface area contributed by atoms with Crippen molar-refractivity contribution in [2.75, 3.05) is 43.2 Å². The van der Waals surface area contributed by atoms with Gasteiger partial charge in [0.05, 0.1) is 32.4 Å². The molecule has 0 radical (unpaired) electrons. The van der Waals surface area contributed by atoms with Crippen LogP contribution in [0, 0.1) is 0 Å². The lowest BCUT2D eigenvalue weighted by Crippen LogP contribution is -2.86. The van der Waals surface area contributed by atoms with Gasteiger partial charge < -0.3 is 19.7 Å².